The maximum absolute atomic E-state index is 13.2. The van der Waals surface area contributed by atoms with Gasteiger partial charge >= 0.3 is 0 Å². The number of benzene rings is 2. The lowest BCUT2D eigenvalue weighted by molar-refractivity contribution is 0.102. The molecule has 0 aliphatic carbocycles. The molecule has 2 N–H and O–H groups in total. The molecule has 3 aromatic rings. The summed E-state index contributed by atoms with van der Waals surface area (Å²) in [5.41, 5.74) is 1.62. The lowest BCUT2D eigenvalue weighted by Gasteiger charge is -2.09. The second-order valence-electron chi connectivity index (χ2n) is 5.37. The summed E-state index contributed by atoms with van der Waals surface area (Å²) in [6.07, 6.45) is 1.45. The summed E-state index contributed by atoms with van der Waals surface area (Å²) in [5, 5.41) is 5.79. The second kappa shape index (κ2) is 7.84. The summed E-state index contributed by atoms with van der Waals surface area (Å²) < 4.78 is 18.3. The summed E-state index contributed by atoms with van der Waals surface area (Å²) in [6.45, 7) is 0. The van der Waals surface area contributed by atoms with E-state index in [0.29, 0.717) is 28.5 Å². The molecule has 1 aromatic heterocycles. The predicted molar refractivity (Wildman–Crippen MR) is 99.9 cm³/mol. The highest BCUT2D eigenvalue weighted by atomic mass is 35.5. The Morgan fingerprint density at radius 3 is 2.65 bits per heavy atom. The molecule has 0 bridgehead atoms. The minimum atomic E-state index is -0.491. The van der Waals surface area contributed by atoms with Crippen LogP contribution in [0.4, 0.5) is 21.6 Å². The zero-order valence-corrected chi connectivity index (χ0v) is 14.5. The molecule has 26 heavy (non-hydrogen) atoms. The number of aromatic nitrogens is 1. The van der Waals surface area contributed by atoms with Crippen LogP contribution in [0.15, 0.2) is 60.8 Å². The molecule has 132 valence electrons. The van der Waals surface area contributed by atoms with Gasteiger partial charge in [-0.3, -0.25) is 4.79 Å². The molecule has 1 amide bonds. The third-order valence-electron chi connectivity index (χ3n) is 3.55. The molecule has 0 atom stereocenters. The number of halogens is 2. The van der Waals surface area contributed by atoms with Crippen LogP contribution in [0.2, 0.25) is 5.02 Å². The van der Waals surface area contributed by atoms with E-state index in [9.17, 15) is 9.18 Å². The van der Waals surface area contributed by atoms with E-state index >= 15 is 0 Å². The molecule has 3 rings (SSSR count). The third-order valence-corrected chi connectivity index (χ3v) is 3.83. The van der Waals surface area contributed by atoms with E-state index in [1.165, 1.54) is 18.3 Å². The van der Waals surface area contributed by atoms with Crippen LogP contribution in [0.3, 0.4) is 0 Å². The Bertz CT molecular complexity index is 932. The number of amides is 1. The first-order valence-corrected chi connectivity index (χ1v) is 8.06. The summed E-state index contributed by atoms with van der Waals surface area (Å²) in [5.74, 6) is 0.376. The van der Waals surface area contributed by atoms with Gasteiger partial charge in [-0.25, -0.2) is 9.37 Å². The Labute approximate surface area is 154 Å². The molecular weight excluding hydrogens is 357 g/mol. The van der Waals surface area contributed by atoms with Gasteiger partial charge in [0.05, 0.1) is 17.7 Å². The van der Waals surface area contributed by atoms with Crippen LogP contribution in [0, 0.1) is 5.82 Å². The highest BCUT2D eigenvalue weighted by molar-refractivity contribution is 6.31. The van der Waals surface area contributed by atoms with Crippen LogP contribution in [-0.2, 0) is 0 Å². The van der Waals surface area contributed by atoms with Crippen molar-refractivity contribution in [3.05, 3.63) is 77.2 Å². The number of hydrogen-bond acceptors (Lipinski definition) is 4. The molecule has 0 unspecified atom stereocenters. The summed E-state index contributed by atoms with van der Waals surface area (Å²) >= 11 is 5.75. The van der Waals surface area contributed by atoms with E-state index in [1.807, 2.05) is 0 Å². The van der Waals surface area contributed by atoms with E-state index in [-0.39, 0.29) is 10.9 Å². The molecular formula is C19H15ClFN3O2. The van der Waals surface area contributed by atoms with Gasteiger partial charge in [0.2, 0.25) is 0 Å². The topological polar surface area (TPSA) is 63.2 Å². The van der Waals surface area contributed by atoms with Crippen molar-refractivity contribution >= 4 is 34.7 Å². The van der Waals surface area contributed by atoms with Crippen molar-refractivity contribution in [3.63, 3.8) is 0 Å². The number of nitrogens with zero attached hydrogens (tertiary/aromatic N) is 1. The van der Waals surface area contributed by atoms with E-state index in [0.717, 1.165) is 0 Å². The van der Waals surface area contributed by atoms with Gasteiger partial charge < -0.3 is 15.4 Å². The Balaban J connectivity index is 1.68. The summed E-state index contributed by atoms with van der Waals surface area (Å²) in [7, 11) is 1.56. The first kappa shape index (κ1) is 17.7. The Kier molecular flexibility index (Phi) is 5.34. The molecule has 0 aliphatic heterocycles. The Hall–Kier alpha value is -3.12. The number of methoxy groups -OCH3 is 1. The van der Waals surface area contributed by atoms with Crippen LogP contribution in [-0.4, -0.2) is 18.0 Å². The fraction of sp³-hybridized carbons (Fsp3) is 0.0526. The highest BCUT2D eigenvalue weighted by Gasteiger charge is 2.08. The molecule has 0 radical (unpaired) electrons. The maximum atomic E-state index is 13.2. The van der Waals surface area contributed by atoms with Gasteiger partial charge in [0.1, 0.15) is 17.4 Å². The average molecular weight is 372 g/mol. The van der Waals surface area contributed by atoms with E-state index in [2.05, 4.69) is 15.6 Å². The number of nitrogens with one attached hydrogen (secondary N) is 2. The van der Waals surface area contributed by atoms with Crippen LogP contribution in [0.1, 0.15) is 10.4 Å². The lowest BCUT2D eigenvalue weighted by atomic mass is 10.2. The molecule has 0 fully saturated rings. The third kappa shape index (κ3) is 4.29. The smallest absolute Gasteiger partial charge is 0.257 e. The molecule has 0 saturated heterocycles. The van der Waals surface area contributed by atoms with E-state index in [4.69, 9.17) is 16.3 Å². The monoisotopic (exact) mass is 371 g/mol. The van der Waals surface area contributed by atoms with Gasteiger partial charge in [-0.15, -0.1) is 0 Å². The largest absolute Gasteiger partial charge is 0.497 e. The first-order chi connectivity index (χ1) is 12.5. The van der Waals surface area contributed by atoms with Crippen LogP contribution < -0.4 is 15.4 Å². The van der Waals surface area contributed by atoms with Gasteiger partial charge in [0.25, 0.3) is 5.91 Å². The molecule has 2 aromatic carbocycles. The fourth-order valence-corrected chi connectivity index (χ4v) is 2.41. The highest BCUT2D eigenvalue weighted by Crippen LogP contribution is 2.22. The van der Waals surface area contributed by atoms with Gasteiger partial charge in [0.15, 0.2) is 0 Å². The maximum Gasteiger partial charge on any atom is 0.257 e. The van der Waals surface area contributed by atoms with Gasteiger partial charge in [-0.1, -0.05) is 17.7 Å². The Morgan fingerprint density at radius 1 is 1.12 bits per heavy atom. The van der Waals surface area contributed by atoms with Crippen molar-refractivity contribution in [1.29, 1.82) is 0 Å². The van der Waals surface area contributed by atoms with E-state index in [1.54, 1.807) is 49.6 Å². The lowest BCUT2D eigenvalue weighted by Crippen LogP contribution is -2.12. The zero-order chi connectivity index (χ0) is 18.5. The summed E-state index contributed by atoms with van der Waals surface area (Å²) in [4.78, 5) is 16.5. The van der Waals surface area contributed by atoms with Crippen molar-refractivity contribution in [2.75, 3.05) is 17.7 Å². The van der Waals surface area contributed by atoms with Crippen molar-refractivity contribution in [1.82, 2.24) is 4.98 Å². The number of anilines is 3. The Morgan fingerprint density at radius 2 is 1.96 bits per heavy atom. The first-order valence-electron chi connectivity index (χ1n) is 7.69. The SMILES string of the molecule is COc1cccc(NC(=O)c2ccc(Nc3ccc(F)c(Cl)c3)nc2)c1. The molecule has 1 heterocycles. The zero-order valence-electron chi connectivity index (χ0n) is 13.8. The summed E-state index contributed by atoms with van der Waals surface area (Å²) in [6, 6.07) is 14.6. The molecule has 0 aliphatic rings. The number of pyridine rings is 1. The van der Waals surface area contributed by atoms with Crippen LogP contribution in [0.25, 0.3) is 0 Å². The quantitative estimate of drug-likeness (QED) is 0.671. The van der Waals surface area contributed by atoms with Gasteiger partial charge in [-0.05, 0) is 42.5 Å². The normalized spacial score (nSPS) is 10.3. The average Bonchev–Trinajstić information content (AvgIpc) is 2.65. The number of carbonyl (C=O) groups is 1. The number of carbonyl (C=O) groups excluding carboxylic acids is 1. The fourth-order valence-electron chi connectivity index (χ4n) is 2.23. The second-order valence-corrected chi connectivity index (χ2v) is 5.78. The number of hydrogen-bond donors (Lipinski definition) is 2. The van der Waals surface area contributed by atoms with Gasteiger partial charge in [0, 0.05) is 23.6 Å². The van der Waals surface area contributed by atoms with Crippen molar-refractivity contribution in [2.45, 2.75) is 0 Å². The molecule has 0 saturated carbocycles. The molecule has 5 nitrogen and oxygen atoms in total. The van der Waals surface area contributed by atoms with E-state index < -0.39 is 5.82 Å². The minimum absolute atomic E-state index is 0.0179. The number of rotatable bonds is 5. The van der Waals surface area contributed by atoms with Crippen molar-refractivity contribution in [3.8, 4) is 5.75 Å². The molecule has 7 heteroatoms. The van der Waals surface area contributed by atoms with Crippen LogP contribution in [0.5, 0.6) is 5.75 Å². The van der Waals surface area contributed by atoms with Crippen molar-refractivity contribution < 1.29 is 13.9 Å². The van der Waals surface area contributed by atoms with Crippen LogP contribution >= 0.6 is 11.6 Å². The van der Waals surface area contributed by atoms with Crippen molar-refractivity contribution in [2.24, 2.45) is 0 Å². The predicted octanol–water partition coefficient (Wildman–Crippen LogP) is 4.88. The minimum Gasteiger partial charge on any atom is -0.497 e. The van der Waals surface area contributed by atoms with Gasteiger partial charge in [-0.2, -0.15) is 0 Å². The standard InChI is InChI=1S/C19H15ClFN3O2/c1-26-15-4-2-3-13(9-15)24-19(25)12-5-8-18(22-11-12)23-14-6-7-17(21)16(20)10-14/h2-11H,1H3,(H,22,23)(H,24,25). The molecule has 0 spiro atoms. The number of ether oxygens (including phenoxy) is 1.